The molecule has 0 atom stereocenters. The number of thioether (sulfide) groups is 1. The molecule has 0 aliphatic heterocycles. The molecule has 1 heterocycles. The van der Waals surface area contributed by atoms with E-state index >= 15 is 0 Å². The Morgan fingerprint density at radius 2 is 1.69 bits per heavy atom. The highest BCUT2D eigenvalue weighted by Gasteiger charge is 2.17. The summed E-state index contributed by atoms with van der Waals surface area (Å²) in [6.07, 6.45) is 1.50. The summed E-state index contributed by atoms with van der Waals surface area (Å²) in [5.74, 6) is 0.561. The number of hydrogen-bond donors (Lipinski definition) is 1. The van der Waals surface area contributed by atoms with Crippen molar-refractivity contribution < 1.29 is 4.79 Å². The van der Waals surface area contributed by atoms with E-state index in [1.54, 1.807) is 18.2 Å². The van der Waals surface area contributed by atoms with Gasteiger partial charge in [0.2, 0.25) is 0 Å². The lowest BCUT2D eigenvalue weighted by Crippen LogP contribution is -2.20. The molecule has 0 fully saturated rings. The van der Waals surface area contributed by atoms with Crippen molar-refractivity contribution in [2.75, 3.05) is 5.75 Å². The molecule has 6 nitrogen and oxygen atoms in total. The highest BCUT2D eigenvalue weighted by atomic mass is 35.5. The number of halogens is 2. The van der Waals surface area contributed by atoms with Crippen LogP contribution in [-0.4, -0.2) is 32.6 Å². The normalized spacial score (nSPS) is 11.1. The van der Waals surface area contributed by atoms with Crippen LogP contribution in [0.5, 0.6) is 0 Å². The van der Waals surface area contributed by atoms with E-state index in [1.807, 2.05) is 65.2 Å². The van der Waals surface area contributed by atoms with Crippen molar-refractivity contribution in [3.63, 3.8) is 0 Å². The minimum Gasteiger partial charge on any atom is -0.272 e. The predicted molar refractivity (Wildman–Crippen MR) is 130 cm³/mol. The molecule has 3 aromatic carbocycles. The van der Waals surface area contributed by atoms with Crippen LogP contribution >= 0.6 is 35.0 Å². The third-order valence-electron chi connectivity index (χ3n) is 4.36. The monoisotopic (exact) mass is 481 g/mol. The fraction of sp³-hybridized carbons (Fsp3) is 0.0435. The minimum absolute atomic E-state index is 0.123. The van der Waals surface area contributed by atoms with Gasteiger partial charge in [0, 0.05) is 11.3 Å². The van der Waals surface area contributed by atoms with Crippen molar-refractivity contribution >= 4 is 47.1 Å². The Morgan fingerprint density at radius 3 is 2.41 bits per heavy atom. The van der Waals surface area contributed by atoms with Crippen molar-refractivity contribution in [3.05, 3.63) is 94.5 Å². The zero-order valence-corrected chi connectivity index (χ0v) is 19.0. The van der Waals surface area contributed by atoms with Gasteiger partial charge in [-0.3, -0.25) is 9.36 Å². The van der Waals surface area contributed by atoms with Crippen LogP contribution in [0.1, 0.15) is 5.56 Å². The molecule has 4 aromatic rings. The molecule has 0 saturated heterocycles. The first-order valence-corrected chi connectivity index (χ1v) is 11.3. The first kappa shape index (κ1) is 22.1. The van der Waals surface area contributed by atoms with Crippen molar-refractivity contribution in [2.45, 2.75) is 5.16 Å². The maximum Gasteiger partial charge on any atom is 0.250 e. The Bertz CT molecular complexity index is 1250. The third kappa shape index (κ3) is 5.37. The summed E-state index contributed by atoms with van der Waals surface area (Å²) in [7, 11) is 0. The van der Waals surface area contributed by atoms with Crippen LogP contribution < -0.4 is 5.43 Å². The van der Waals surface area contributed by atoms with Gasteiger partial charge in [-0.2, -0.15) is 5.10 Å². The quantitative estimate of drug-likeness (QED) is 0.215. The SMILES string of the molecule is O=C(CSc1nnc(-c2ccccc2)n1-c1ccccc1)NN=Cc1ccc(Cl)c(Cl)c1. The Labute approximate surface area is 199 Å². The van der Waals surface area contributed by atoms with Crippen LogP contribution in [0.25, 0.3) is 17.1 Å². The summed E-state index contributed by atoms with van der Waals surface area (Å²) in [6, 6.07) is 24.7. The fourth-order valence-electron chi connectivity index (χ4n) is 2.88. The number of hydrazone groups is 1. The summed E-state index contributed by atoms with van der Waals surface area (Å²) in [5.41, 5.74) is 5.09. The van der Waals surface area contributed by atoms with E-state index in [1.165, 1.54) is 18.0 Å². The molecule has 160 valence electrons. The minimum atomic E-state index is -0.268. The maximum absolute atomic E-state index is 12.3. The van der Waals surface area contributed by atoms with Gasteiger partial charge in [-0.1, -0.05) is 89.6 Å². The number of para-hydroxylation sites is 1. The van der Waals surface area contributed by atoms with Gasteiger partial charge in [-0.05, 0) is 29.8 Å². The number of benzene rings is 3. The molecule has 9 heteroatoms. The van der Waals surface area contributed by atoms with Crippen LogP contribution in [0.3, 0.4) is 0 Å². The van der Waals surface area contributed by atoms with Crippen molar-refractivity contribution in [3.8, 4) is 17.1 Å². The predicted octanol–water partition coefficient (Wildman–Crippen LogP) is 5.48. The van der Waals surface area contributed by atoms with E-state index in [0.29, 0.717) is 21.0 Å². The lowest BCUT2D eigenvalue weighted by atomic mass is 10.2. The summed E-state index contributed by atoms with van der Waals surface area (Å²) < 4.78 is 1.94. The Hall–Kier alpha value is -3.13. The van der Waals surface area contributed by atoms with Gasteiger partial charge in [0.15, 0.2) is 11.0 Å². The van der Waals surface area contributed by atoms with Gasteiger partial charge in [0.1, 0.15) is 0 Å². The zero-order chi connectivity index (χ0) is 22.3. The van der Waals surface area contributed by atoms with Gasteiger partial charge in [0.05, 0.1) is 22.0 Å². The first-order chi connectivity index (χ1) is 15.6. The summed E-state index contributed by atoms with van der Waals surface area (Å²) in [6.45, 7) is 0. The largest absolute Gasteiger partial charge is 0.272 e. The van der Waals surface area contributed by atoms with Crippen molar-refractivity contribution in [1.29, 1.82) is 0 Å². The molecule has 0 bridgehead atoms. The van der Waals surface area contributed by atoms with E-state index in [-0.39, 0.29) is 11.7 Å². The van der Waals surface area contributed by atoms with Crippen molar-refractivity contribution in [2.24, 2.45) is 5.10 Å². The maximum atomic E-state index is 12.3. The molecule has 4 rings (SSSR count). The molecule has 0 radical (unpaired) electrons. The number of hydrogen-bond acceptors (Lipinski definition) is 5. The molecular formula is C23H17Cl2N5OS. The lowest BCUT2D eigenvalue weighted by Gasteiger charge is -2.10. The highest BCUT2D eigenvalue weighted by molar-refractivity contribution is 7.99. The Balaban J connectivity index is 1.47. The van der Waals surface area contributed by atoms with Crippen LogP contribution in [0.15, 0.2) is 89.1 Å². The molecular weight excluding hydrogens is 465 g/mol. The van der Waals surface area contributed by atoms with Gasteiger partial charge >= 0.3 is 0 Å². The summed E-state index contributed by atoms with van der Waals surface area (Å²) in [4.78, 5) is 12.3. The molecule has 1 amide bonds. The third-order valence-corrected chi connectivity index (χ3v) is 6.03. The second-order valence-corrected chi connectivity index (χ2v) is 8.36. The van der Waals surface area contributed by atoms with E-state index in [0.717, 1.165) is 16.8 Å². The number of nitrogens with zero attached hydrogens (tertiary/aromatic N) is 4. The highest BCUT2D eigenvalue weighted by Crippen LogP contribution is 2.27. The number of amides is 1. The topological polar surface area (TPSA) is 72.2 Å². The number of carbonyl (C=O) groups is 1. The van der Waals surface area contributed by atoms with Gasteiger partial charge in [0.25, 0.3) is 5.91 Å². The Kier molecular flexibility index (Phi) is 7.21. The number of carbonyl (C=O) groups excluding carboxylic acids is 1. The second kappa shape index (κ2) is 10.5. The zero-order valence-electron chi connectivity index (χ0n) is 16.7. The number of rotatable bonds is 7. The molecule has 0 unspecified atom stereocenters. The first-order valence-electron chi connectivity index (χ1n) is 9.58. The van der Waals surface area contributed by atoms with E-state index in [2.05, 4.69) is 20.7 Å². The van der Waals surface area contributed by atoms with Crippen LogP contribution in [0, 0.1) is 0 Å². The van der Waals surface area contributed by atoms with E-state index in [4.69, 9.17) is 23.2 Å². The smallest absolute Gasteiger partial charge is 0.250 e. The van der Waals surface area contributed by atoms with Gasteiger partial charge in [-0.15, -0.1) is 10.2 Å². The number of nitrogens with one attached hydrogen (secondary N) is 1. The van der Waals surface area contributed by atoms with Crippen LogP contribution in [-0.2, 0) is 4.79 Å². The molecule has 0 spiro atoms. The van der Waals surface area contributed by atoms with Crippen LogP contribution in [0.2, 0.25) is 10.0 Å². The standard InChI is InChI=1S/C23H17Cl2N5OS/c24-19-12-11-16(13-20(19)25)14-26-27-21(31)15-32-23-29-28-22(17-7-3-1-4-8-17)30(23)18-9-5-2-6-10-18/h1-14H,15H2,(H,27,31). The molecule has 0 aliphatic carbocycles. The van der Waals surface area contributed by atoms with Gasteiger partial charge < -0.3 is 0 Å². The molecule has 32 heavy (non-hydrogen) atoms. The summed E-state index contributed by atoms with van der Waals surface area (Å²) in [5, 5.41) is 14.2. The van der Waals surface area contributed by atoms with E-state index in [9.17, 15) is 4.79 Å². The average molecular weight is 482 g/mol. The average Bonchev–Trinajstić information content (AvgIpc) is 3.25. The fourth-order valence-corrected chi connectivity index (χ4v) is 3.93. The molecule has 0 saturated carbocycles. The van der Waals surface area contributed by atoms with E-state index < -0.39 is 0 Å². The molecule has 1 N–H and O–H groups in total. The second-order valence-electron chi connectivity index (χ2n) is 6.60. The molecule has 1 aromatic heterocycles. The van der Waals surface area contributed by atoms with Gasteiger partial charge in [-0.25, -0.2) is 5.43 Å². The molecule has 0 aliphatic rings. The summed E-state index contributed by atoms with van der Waals surface area (Å²) >= 11 is 13.2. The lowest BCUT2D eigenvalue weighted by molar-refractivity contribution is -0.118. The number of aromatic nitrogens is 3. The van der Waals surface area contributed by atoms with Crippen LogP contribution in [0.4, 0.5) is 0 Å². The Morgan fingerprint density at radius 1 is 0.969 bits per heavy atom. The van der Waals surface area contributed by atoms with Crippen molar-refractivity contribution in [1.82, 2.24) is 20.2 Å².